The van der Waals surface area contributed by atoms with Gasteiger partial charge in [-0.05, 0) is 72.6 Å². The number of hydrogen-bond acceptors (Lipinski definition) is 5. The predicted octanol–water partition coefficient (Wildman–Crippen LogP) is 5.49. The van der Waals surface area contributed by atoms with Crippen molar-refractivity contribution in [3.63, 3.8) is 0 Å². The molecule has 0 heterocycles. The van der Waals surface area contributed by atoms with Gasteiger partial charge in [0.1, 0.15) is 23.4 Å². The number of ether oxygens (including phenoxy) is 1. The number of anilines is 1. The number of halogens is 1. The van der Waals surface area contributed by atoms with Gasteiger partial charge < -0.3 is 25.4 Å². The van der Waals surface area contributed by atoms with Crippen molar-refractivity contribution in [2.45, 2.75) is 79.1 Å². The van der Waals surface area contributed by atoms with Crippen molar-refractivity contribution in [1.82, 2.24) is 10.2 Å². The Kier molecular flexibility index (Phi) is 9.38. The second kappa shape index (κ2) is 11.6. The summed E-state index contributed by atoms with van der Waals surface area (Å²) in [4.78, 5) is 41.1. The average Bonchev–Trinajstić information content (AvgIpc) is 2.74. The number of hydrogen-bond donors (Lipinski definition) is 3. The van der Waals surface area contributed by atoms with E-state index in [4.69, 9.17) is 16.3 Å². The van der Waals surface area contributed by atoms with Crippen LogP contribution >= 0.6 is 11.6 Å². The summed E-state index contributed by atoms with van der Waals surface area (Å²) < 4.78 is 5.28. The summed E-state index contributed by atoms with van der Waals surface area (Å²) in [5.74, 6) is -1.17. The Labute approximate surface area is 218 Å². The number of carbonyl (C=O) groups excluding carboxylic acids is 3. The Morgan fingerprint density at radius 2 is 1.58 bits per heavy atom. The van der Waals surface area contributed by atoms with Crippen molar-refractivity contribution in [3.05, 3.63) is 58.1 Å². The van der Waals surface area contributed by atoms with Gasteiger partial charge in [0, 0.05) is 11.6 Å². The Balaban J connectivity index is 2.53. The molecule has 0 bridgehead atoms. The number of benzene rings is 2. The zero-order valence-electron chi connectivity index (χ0n) is 22.1. The summed E-state index contributed by atoms with van der Waals surface area (Å²) in [6, 6.07) is 7.55. The number of aromatic hydroxyl groups is 1. The molecule has 2 unspecified atom stereocenters. The highest BCUT2D eigenvalue weighted by atomic mass is 35.5. The van der Waals surface area contributed by atoms with Gasteiger partial charge in [0.05, 0.1) is 10.7 Å². The highest BCUT2D eigenvalue weighted by molar-refractivity contribution is 6.34. The quantitative estimate of drug-likeness (QED) is 0.450. The molecule has 3 N–H and O–H groups in total. The first kappa shape index (κ1) is 29.0. The minimum absolute atomic E-state index is 0.0975. The number of nitrogens with zero attached hydrogens (tertiary/aromatic N) is 1. The molecule has 196 valence electrons. The molecule has 0 saturated carbocycles. The largest absolute Gasteiger partial charge is 0.507 e. The summed E-state index contributed by atoms with van der Waals surface area (Å²) in [6.45, 7) is 13.7. The van der Waals surface area contributed by atoms with Crippen LogP contribution in [0.4, 0.5) is 10.5 Å². The maximum atomic E-state index is 13.8. The van der Waals surface area contributed by atoms with Crippen molar-refractivity contribution < 1.29 is 24.2 Å². The molecule has 3 amide bonds. The third-order valence-corrected chi connectivity index (χ3v) is 5.79. The second-order valence-corrected chi connectivity index (χ2v) is 10.5. The SMILES string of the molecule is Cc1cccc(C(C(=O)Nc2c(C)cccc2Cl)N(C(=O)C(C)NC(=O)OC(C)(C)C)C(C)C)c1O. The lowest BCUT2D eigenvalue weighted by atomic mass is 9.98. The molecule has 0 aromatic heterocycles. The number of phenolic OH excluding ortho intramolecular Hbond substituents is 1. The monoisotopic (exact) mass is 517 g/mol. The highest BCUT2D eigenvalue weighted by Crippen LogP contribution is 2.35. The molecule has 0 radical (unpaired) electrons. The van der Waals surface area contributed by atoms with Crippen LogP contribution in [0.25, 0.3) is 0 Å². The van der Waals surface area contributed by atoms with Crippen LogP contribution in [0.15, 0.2) is 36.4 Å². The number of aryl methyl sites for hydroxylation is 2. The molecule has 0 saturated heterocycles. The Bertz CT molecular complexity index is 1110. The predicted molar refractivity (Wildman–Crippen MR) is 141 cm³/mol. The van der Waals surface area contributed by atoms with Gasteiger partial charge in [0.2, 0.25) is 5.91 Å². The molecule has 0 aliphatic carbocycles. The van der Waals surface area contributed by atoms with Crippen LogP contribution in [0.3, 0.4) is 0 Å². The molecular formula is C27H36ClN3O5. The van der Waals surface area contributed by atoms with E-state index in [1.165, 1.54) is 11.8 Å². The fourth-order valence-electron chi connectivity index (χ4n) is 3.75. The van der Waals surface area contributed by atoms with Gasteiger partial charge in [0.25, 0.3) is 5.91 Å². The Hall–Kier alpha value is -3.26. The van der Waals surface area contributed by atoms with Gasteiger partial charge >= 0.3 is 6.09 Å². The van der Waals surface area contributed by atoms with E-state index in [-0.39, 0.29) is 11.3 Å². The van der Waals surface area contributed by atoms with Crippen molar-refractivity contribution in [3.8, 4) is 5.75 Å². The molecule has 2 aromatic rings. The number of amides is 3. The van der Waals surface area contributed by atoms with Gasteiger partial charge in [-0.25, -0.2) is 4.79 Å². The van der Waals surface area contributed by atoms with Gasteiger partial charge in [-0.15, -0.1) is 0 Å². The van der Waals surface area contributed by atoms with E-state index < -0.39 is 41.6 Å². The molecule has 8 nitrogen and oxygen atoms in total. The fourth-order valence-corrected chi connectivity index (χ4v) is 4.02. The topological polar surface area (TPSA) is 108 Å². The van der Waals surface area contributed by atoms with Crippen LogP contribution < -0.4 is 10.6 Å². The molecule has 2 aromatic carbocycles. The van der Waals surface area contributed by atoms with Crippen LogP contribution in [0, 0.1) is 13.8 Å². The molecule has 0 aliphatic heterocycles. The van der Waals surface area contributed by atoms with E-state index in [1.807, 2.05) is 0 Å². The van der Waals surface area contributed by atoms with Crippen LogP contribution in [0.1, 0.15) is 64.3 Å². The fraction of sp³-hybridized carbons (Fsp3) is 0.444. The van der Waals surface area contributed by atoms with Crippen molar-refractivity contribution in [1.29, 1.82) is 0 Å². The second-order valence-electron chi connectivity index (χ2n) is 10.0. The molecule has 36 heavy (non-hydrogen) atoms. The number of carbonyl (C=O) groups is 3. The van der Waals surface area contributed by atoms with Gasteiger partial charge in [0.15, 0.2) is 0 Å². The third kappa shape index (κ3) is 7.13. The standard InChI is InChI=1S/C27H36ClN3O5/c1-15(2)31(25(34)18(5)29-26(35)36-27(6,7)8)22(19-13-9-12-17(4)23(19)32)24(33)30-21-16(3)11-10-14-20(21)28/h9-15,18,22,32H,1-8H3,(H,29,35)(H,30,33). The number of rotatable bonds is 7. The molecule has 9 heteroatoms. The van der Waals surface area contributed by atoms with E-state index >= 15 is 0 Å². The van der Waals surface area contributed by atoms with Crippen LogP contribution in [0.2, 0.25) is 5.02 Å². The first-order valence-electron chi connectivity index (χ1n) is 11.8. The number of para-hydroxylation sites is 2. The van der Waals surface area contributed by atoms with E-state index in [2.05, 4.69) is 10.6 Å². The van der Waals surface area contributed by atoms with Gasteiger partial charge in [-0.1, -0.05) is 41.9 Å². The smallest absolute Gasteiger partial charge is 0.408 e. The number of alkyl carbamates (subject to hydrolysis) is 1. The highest BCUT2D eigenvalue weighted by Gasteiger charge is 2.38. The lowest BCUT2D eigenvalue weighted by Gasteiger charge is -2.37. The van der Waals surface area contributed by atoms with Crippen LogP contribution in [-0.4, -0.2) is 45.6 Å². The van der Waals surface area contributed by atoms with E-state index in [1.54, 1.807) is 84.9 Å². The summed E-state index contributed by atoms with van der Waals surface area (Å²) in [5.41, 5.74) is 1.22. The summed E-state index contributed by atoms with van der Waals surface area (Å²) in [6.07, 6.45) is -0.752. The average molecular weight is 518 g/mol. The van der Waals surface area contributed by atoms with Gasteiger partial charge in [-0.2, -0.15) is 0 Å². The number of phenols is 1. The summed E-state index contributed by atoms with van der Waals surface area (Å²) in [5, 5.41) is 16.6. The molecule has 0 spiro atoms. The summed E-state index contributed by atoms with van der Waals surface area (Å²) in [7, 11) is 0. The molecule has 2 atom stereocenters. The minimum atomic E-state index is -1.21. The maximum absolute atomic E-state index is 13.8. The molecular weight excluding hydrogens is 482 g/mol. The van der Waals surface area contributed by atoms with Crippen molar-refractivity contribution >= 4 is 35.2 Å². The van der Waals surface area contributed by atoms with Gasteiger partial charge in [-0.3, -0.25) is 9.59 Å². The first-order chi connectivity index (χ1) is 16.6. The molecule has 0 aliphatic rings. The zero-order valence-corrected chi connectivity index (χ0v) is 22.9. The number of nitrogens with one attached hydrogen (secondary N) is 2. The van der Waals surface area contributed by atoms with E-state index in [9.17, 15) is 19.5 Å². The van der Waals surface area contributed by atoms with Crippen molar-refractivity contribution in [2.24, 2.45) is 0 Å². The van der Waals surface area contributed by atoms with E-state index in [0.717, 1.165) is 5.56 Å². The van der Waals surface area contributed by atoms with E-state index in [0.29, 0.717) is 16.3 Å². The van der Waals surface area contributed by atoms with Crippen LogP contribution in [-0.2, 0) is 14.3 Å². The zero-order chi connectivity index (χ0) is 27.4. The Morgan fingerprint density at radius 3 is 2.14 bits per heavy atom. The van der Waals surface area contributed by atoms with Crippen molar-refractivity contribution in [2.75, 3.05) is 5.32 Å². The van der Waals surface area contributed by atoms with Crippen LogP contribution in [0.5, 0.6) is 5.75 Å². The lowest BCUT2D eigenvalue weighted by molar-refractivity contribution is -0.142. The maximum Gasteiger partial charge on any atom is 0.408 e. The Morgan fingerprint density at radius 1 is 1.00 bits per heavy atom. The molecule has 0 fully saturated rings. The molecule has 2 rings (SSSR count). The summed E-state index contributed by atoms with van der Waals surface area (Å²) >= 11 is 6.34. The normalized spacial score (nSPS) is 13.1. The minimum Gasteiger partial charge on any atom is -0.507 e. The first-order valence-corrected chi connectivity index (χ1v) is 12.2. The third-order valence-electron chi connectivity index (χ3n) is 5.47. The lowest BCUT2D eigenvalue weighted by Crippen LogP contribution is -2.53.